The molecule has 0 radical (unpaired) electrons. The molecule has 0 aromatic heterocycles. The number of rotatable bonds is 6. The lowest BCUT2D eigenvalue weighted by atomic mass is 10.2. The minimum atomic E-state index is -3.74. The molecule has 1 atom stereocenters. The van der Waals surface area contributed by atoms with Crippen molar-refractivity contribution in [3.05, 3.63) is 38.9 Å². The molecule has 116 valence electrons. The number of nitrogens with zero attached hydrogens (tertiary/aromatic N) is 1. The second kappa shape index (κ2) is 6.86. The predicted molar refractivity (Wildman–Crippen MR) is 76.8 cm³/mol. The maximum Gasteiger partial charge on any atom is 0.306 e. The van der Waals surface area contributed by atoms with Crippen molar-refractivity contribution in [3.8, 4) is 0 Å². The number of carbonyl (C=O) groups excluding carboxylic acids is 1. The third kappa shape index (κ3) is 4.68. The van der Waals surface area contributed by atoms with E-state index in [0.717, 1.165) is 13.2 Å². The highest BCUT2D eigenvalue weighted by atomic mass is 35.5. The molecule has 1 unspecified atom stereocenters. The average molecular weight is 336 g/mol. The summed E-state index contributed by atoms with van der Waals surface area (Å²) in [5.41, 5.74) is -0.336. The van der Waals surface area contributed by atoms with Crippen LogP contribution in [-0.2, 0) is 25.1 Å². The molecule has 0 aliphatic rings. The van der Waals surface area contributed by atoms with Gasteiger partial charge in [0.15, 0.2) is 9.84 Å². The zero-order valence-electron chi connectivity index (χ0n) is 11.4. The Kier molecular flexibility index (Phi) is 5.68. The number of esters is 1. The summed E-state index contributed by atoms with van der Waals surface area (Å²) < 4.78 is 28.7. The lowest BCUT2D eigenvalue weighted by Crippen LogP contribution is -2.23. The van der Waals surface area contributed by atoms with Crippen molar-refractivity contribution in [1.82, 2.24) is 0 Å². The SMILES string of the molecule is COC(=O)CC(C)S(=O)(=O)Cc1ccc(Cl)cc1[N+](=O)[O-]. The Morgan fingerprint density at radius 3 is 2.62 bits per heavy atom. The number of hydrogen-bond donors (Lipinski definition) is 0. The molecule has 0 fully saturated rings. The lowest BCUT2D eigenvalue weighted by Gasteiger charge is -2.12. The molecular formula is C12H14ClNO6S. The molecule has 7 nitrogen and oxygen atoms in total. The number of benzene rings is 1. The maximum absolute atomic E-state index is 12.1. The van der Waals surface area contributed by atoms with Crippen LogP contribution in [0.5, 0.6) is 0 Å². The second-order valence-electron chi connectivity index (χ2n) is 4.43. The van der Waals surface area contributed by atoms with E-state index in [-0.39, 0.29) is 22.7 Å². The Hall–Kier alpha value is -1.67. The number of sulfone groups is 1. The zero-order chi connectivity index (χ0) is 16.2. The first-order chi connectivity index (χ1) is 9.67. The largest absolute Gasteiger partial charge is 0.469 e. The number of hydrogen-bond acceptors (Lipinski definition) is 6. The van der Waals surface area contributed by atoms with Crippen LogP contribution in [0, 0.1) is 10.1 Å². The molecule has 1 aromatic carbocycles. The summed E-state index contributed by atoms with van der Waals surface area (Å²) in [5, 5.41) is 10.1. The Morgan fingerprint density at radius 2 is 2.10 bits per heavy atom. The summed E-state index contributed by atoms with van der Waals surface area (Å²) >= 11 is 5.67. The molecule has 0 bridgehead atoms. The highest BCUT2D eigenvalue weighted by Crippen LogP contribution is 2.26. The third-order valence-corrected chi connectivity index (χ3v) is 5.24. The second-order valence-corrected chi connectivity index (χ2v) is 7.28. The van der Waals surface area contributed by atoms with Crippen LogP contribution in [0.15, 0.2) is 18.2 Å². The number of ether oxygens (including phenoxy) is 1. The van der Waals surface area contributed by atoms with Gasteiger partial charge in [-0.25, -0.2) is 8.42 Å². The van der Waals surface area contributed by atoms with E-state index in [4.69, 9.17) is 11.6 Å². The quantitative estimate of drug-likeness (QED) is 0.448. The molecule has 21 heavy (non-hydrogen) atoms. The molecule has 1 aromatic rings. The lowest BCUT2D eigenvalue weighted by molar-refractivity contribution is -0.385. The molecule has 0 aliphatic carbocycles. The van der Waals surface area contributed by atoms with Crippen LogP contribution in [0.2, 0.25) is 5.02 Å². The van der Waals surface area contributed by atoms with Gasteiger partial charge in [-0.1, -0.05) is 11.6 Å². The van der Waals surface area contributed by atoms with Gasteiger partial charge in [-0.3, -0.25) is 14.9 Å². The van der Waals surface area contributed by atoms with Gasteiger partial charge in [0.05, 0.1) is 29.5 Å². The number of nitro groups is 1. The van der Waals surface area contributed by atoms with E-state index >= 15 is 0 Å². The summed E-state index contributed by atoms with van der Waals surface area (Å²) in [6, 6.07) is 3.77. The molecule has 0 heterocycles. The number of nitro benzene ring substituents is 1. The van der Waals surface area contributed by atoms with Crippen molar-refractivity contribution in [2.45, 2.75) is 24.3 Å². The van der Waals surface area contributed by atoms with Crippen LogP contribution < -0.4 is 0 Å². The van der Waals surface area contributed by atoms with Crippen LogP contribution in [0.1, 0.15) is 18.9 Å². The molecule has 0 aliphatic heterocycles. The Labute approximate surface area is 126 Å². The van der Waals surface area contributed by atoms with E-state index in [2.05, 4.69) is 4.74 Å². The maximum atomic E-state index is 12.1. The summed E-state index contributed by atoms with van der Waals surface area (Å²) in [6.07, 6.45) is -0.305. The first-order valence-electron chi connectivity index (χ1n) is 5.88. The van der Waals surface area contributed by atoms with Gasteiger partial charge in [-0.2, -0.15) is 0 Å². The van der Waals surface area contributed by atoms with Crippen molar-refractivity contribution in [1.29, 1.82) is 0 Å². The van der Waals surface area contributed by atoms with Gasteiger partial charge < -0.3 is 4.74 Å². The Bertz CT molecular complexity index is 658. The van der Waals surface area contributed by atoms with Gasteiger partial charge in [0.1, 0.15) is 0 Å². The van der Waals surface area contributed by atoms with Crippen LogP contribution in [0.4, 0.5) is 5.69 Å². The van der Waals surface area contributed by atoms with E-state index in [0.29, 0.717) is 0 Å². The minimum Gasteiger partial charge on any atom is -0.469 e. The van der Waals surface area contributed by atoms with Crippen LogP contribution in [-0.4, -0.2) is 31.7 Å². The minimum absolute atomic E-state index is 0.0288. The first-order valence-corrected chi connectivity index (χ1v) is 7.98. The summed E-state index contributed by atoms with van der Waals surface area (Å²) in [4.78, 5) is 21.4. The van der Waals surface area contributed by atoms with Gasteiger partial charge in [0.25, 0.3) is 5.69 Å². The van der Waals surface area contributed by atoms with Gasteiger partial charge in [-0.15, -0.1) is 0 Å². The summed E-state index contributed by atoms with van der Waals surface area (Å²) in [5.74, 6) is -1.20. The van der Waals surface area contributed by atoms with Crippen molar-refractivity contribution >= 4 is 33.1 Å². The van der Waals surface area contributed by atoms with Gasteiger partial charge in [0.2, 0.25) is 0 Å². The number of halogens is 1. The van der Waals surface area contributed by atoms with E-state index in [9.17, 15) is 23.3 Å². The molecule has 0 amide bonds. The Balaban J connectivity index is 3.04. The van der Waals surface area contributed by atoms with E-state index in [1.54, 1.807) is 0 Å². The summed E-state index contributed by atoms with van der Waals surface area (Å²) in [7, 11) is -2.58. The molecular weight excluding hydrogens is 322 g/mol. The highest BCUT2D eigenvalue weighted by molar-refractivity contribution is 7.91. The fourth-order valence-corrected chi connectivity index (χ4v) is 3.15. The number of carbonyl (C=O) groups is 1. The van der Waals surface area contributed by atoms with Gasteiger partial charge >= 0.3 is 5.97 Å². The van der Waals surface area contributed by atoms with Crippen molar-refractivity contribution in [2.75, 3.05) is 7.11 Å². The molecule has 0 saturated carbocycles. The van der Waals surface area contributed by atoms with Crippen molar-refractivity contribution < 1.29 is 22.9 Å². The van der Waals surface area contributed by atoms with Crippen LogP contribution in [0.3, 0.4) is 0 Å². The average Bonchev–Trinajstić information content (AvgIpc) is 2.40. The van der Waals surface area contributed by atoms with Crippen molar-refractivity contribution in [3.63, 3.8) is 0 Å². The van der Waals surface area contributed by atoms with Crippen molar-refractivity contribution in [2.24, 2.45) is 0 Å². The van der Waals surface area contributed by atoms with Crippen LogP contribution in [0.25, 0.3) is 0 Å². The molecule has 0 spiro atoms. The Morgan fingerprint density at radius 1 is 1.48 bits per heavy atom. The van der Waals surface area contributed by atoms with E-state index < -0.39 is 31.7 Å². The smallest absolute Gasteiger partial charge is 0.306 e. The van der Waals surface area contributed by atoms with Crippen LogP contribution >= 0.6 is 11.6 Å². The third-order valence-electron chi connectivity index (χ3n) is 2.90. The monoisotopic (exact) mass is 335 g/mol. The molecule has 1 rings (SSSR count). The fraction of sp³-hybridized carbons (Fsp3) is 0.417. The highest BCUT2D eigenvalue weighted by Gasteiger charge is 2.27. The predicted octanol–water partition coefficient (Wildman–Crippen LogP) is 2.11. The fourth-order valence-electron chi connectivity index (χ4n) is 1.63. The topological polar surface area (TPSA) is 104 Å². The zero-order valence-corrected chi connectivity index (χ0v) is 13.0. The van der Waals surface area contributed by atoms with Gasteiger partial charge in [-0.05, 0) is 19.1 Å². The first kappa shape index (κ1) is 17.4. The standard InChI is InChI=1S/C12H14ClNO6S/c1-8(5-12(15)20-2)21(18,19)7-9-3-4-10(13)6-11(9)14(16)17/h3-4,6,8H,5,7H2,1-2H3. The summed E-state index contributed by atoms with van der Waals surface area (Å²) in [6.45, 7) is 1.36. The van der Waals surface area contributed by atoms with E-state index in [1.807, 2.05) is 0 Å². The van der Waals surface area contributed by atoms with Gasteiger partial charge in [0, 0.05) is 16.7 Å². The van der Waals surface area contributed by atoms with E-state index in [1.165, 1.54) is 19.1 Å². The molecule has 0 N–H and O–H groups in total. The molecule has 0 saturated heterocycles. The normalized spacial score (nSPS) is 12.7. The molecule has 9 heteroatoms. The number of methoxy groups -OCH3 is 1.